The Labute approximate surface area is 114 Å². The Balaban J connectivity index is 2.39. The summed E-state index contributed by atoms with van der Waals surface area (Å²) in [4.78, 5) is 15.6. The zero-order valence-electron chi connectivity index (χ0n) is 11.9. The molecule has 0 aliphatic heterocycles. The van der Waals surface area contributed by atoms with E-state index in [4.69, 9.17) is 5.26 Å². The summed E-state index contributed by atoms with van der Waals surface area (Å²) < 4.78 is 0. The molecule has 0 aromatic rings. The second kappa shape index (κ2) is 7.62. The molecule has 0 aromatic carbocycles. The van der Waals surface area contributed by atoms with E-state index in [2.05, 4.69) is 27.0 Å². The van der Waals surface area contributed by atoms with Gasteiger partial charge in [-0.25, -0.2) is 0 Å². The zero-order valence-corrected chi connectivity index (χ0v) is 11.9. The first kappa shape index (κ1) is 15.3. The molecule has 1 aliphatic carbocycles. The predicted octanol–water partition coefficient (Wildman–Crippen LogP) is 0.368. The Morgan fingerprint density at radius 2 is 2.21 bits per heavy atom. The van der Waals surface area contributed by atoms with Gasteiger partial charge in [0.1, 0.15) is 0 Å². The number of nitrogens with zero attached hydrogens (tertiary/aromatic N) is 2. The summed E-state index contributed by atoms with van der Waals surface area (Å²) in [7, 11) is 1.66. The van der Waals surface area contributed by atoms with Gasteiger partial charge in [-0.05, 0) is 33.1 Å². The van der Waals surface area contributed by atoms with Crippen LogP contribution in [0.4, 0.5) is 0 Å². The summed E-state index contributed by atoms with van der Waals surface area (Å²) in [5, 5.41) is 18.0. The van der Waals surface area contributed by atoms with E-state index < -0.39 is 0 Å². The van der Waals surface area contributed by atoms with Crippen molar-refractivity contribution in [3.63, 3.8) is 0 Å². The Bertz CT molecular complexity index is 372. The van der Waals surface area contributed by atoms with Crippen LogP contribution in [0, 0.1) is 17.2 Å². The topological polar surface area (TPSA) is 89.3 Å². The lowest BCUT2D eigenvalue weighted by Crippen LogP contribution is -2.48. The highest BCUT2D eigenvalue weighted by Gasteiger charge is 2.27. The van der Waals surface area contributed by atoms with Gasteiger partial charge in [-0.15, -0.1) is 0 Å². The number of carbonyl (C=O) groups is 1. The Hall–Kier alpha value is -1.77. The van der Waals surface area contributed by atoms with Crippen molar-refractivity contribution in [2.45, 2.75) is 45.2 Å². The Morgan fingerprint density at radius 1 is 1.47 bits per heavy atom. The van der Waals surface area contributed by atoms with E-state index in [1.54, 1.807) is 7.05 Å². The van der Waals surface area contributed by atoms with E-state index in [0.717, 1.165) is 19.3 Å². The molecule has 1 fully saturated rings. The zero-order chi connectivity index (χ0) is 14.3. The lowest BCUT2D eigenvalue weighted by atomic mass is 10.1. The first-order valence-corrected chi connectivity index (χ1v) is 6.73. The second-order valence-corrected chi connectivity index (χ2v) is 5.07. The summed E-state index contributed by atoms with van der Waals surface area (Å²) in [6.45, 7) is 4.02. The molecule has 0 saturated heterocycles. The van der Waals surface area contributed by atoms with Crippen molar-refractivity contribution in [1.82, 2.24) is 16.0 Å². The number of hydrogen-bond donors (Lipinski definition) is 3. The maximum Gasteiger partial charge on any atom is 0.239 e. The summed E-state index contributed by atoms with van der Waals surface area (Å²) in [6.07, 6.45) is 2.96. The average molecular weight is 265 g/mol. The normalized spacial score (nSPS) is 23.0. The van der Waals surface area contributed by atoms with E-state index in [0.29, 0.717) is 5.96 Å². The molecular weight excluding hydrogens is 242 g/mol. The van der Waals surface area contributed by atoms with Crippen molar-refractivity contribution >= 4 is 11.9 Å². The molecule has 2 unspecified atom stereocenters. The van der Waals surface area contributed by atoms with Gasteiger partial charge in [0.2, 0.25) is 5.91 Å². The van der Waals surface area contributed by atoms with Crippen LogP contribution in [-0.2, 0) is 4.79 Å². The van der Waals surface area contributed by atoms with Crippen molar-refractivity contribution in [2.24, 2.45) is 10.9 Å². The first-order valence-electron chi connectivity index (χ1n) is 6.73. The van der Waals surface area contributed by atoms with Crippen LogP contribution in [0.5, 0.6) is 0 Å². The summed E-state index contributed by atoms with van der Waals surface area (Å²) >= 11 is 0. The van der Waals surface area contributed by atoms with Crippen molar-refractivity contribution in [1.29, 1.82) is 5.26 Å². The fourth-order valence-electron chi connectivity index (χ4n) is 2.19. The Morgan fingerprint density at radius 3 is 2.79 bits per heavy atom. The Kier molecular flexibility index (Phi) is 6.13. The fraction of sp³-hybridized carbons (Fsp3) is 0.769. The smallest absolute Gasteiger partial charge is 0.239 e. The predicted molar refractivity (Wildman–Crippen MR) is 74.5 cm³/mol. The second-order valence-electron chi connectivity index (χ2n) is 5.07. The first-order chi connectivity index (χ1) is 9.06. The van der Waals surface area contributed by atoms with Crippen molar-refractivity contribution in [3.05, 3.63) is 0 Å². The number of carbonyl (C=O) groups excluding carboxylic acids is 1. The number of hydrogen-bond acceptors (Lipinski definition) is 3. The van der Waals surface area contributed by atoms with Gasteiger partial charge in [0.15, 0.2) is 5.96 Å². The molecule has 106 valence electrons. The molecule has 1 rings (SSSR count). The molecule has 6 heteroatoms. The van der Waals surface area contributed by atoms with Crippen LogP contribution in [-0.4, -0.2) is 37.5 Å². The van der Waals surface area contributed by atoms with Crippen molar-refractivity contribution in [2.75, 3.05) is 13.6 Å². The van der Waals surface area contributed by atoms with Crippen LogP contribution in [0.1, 0.15) is 33.1 Å². The summed E-state index contributed by atoms with van der Waals surface area (Å²) in [6, 6.07) is 2.57. The number of rotatable bonds is 4. The summed E-state index contributed by atoms with van der Waals surface area (Å²) in [5.74, 6) is 0.537. The molecule has 6 nitrogen and oxygen atoms in total. The van der Waals surface area contributed by atoms with Crippen LogP contribution in [0.2, 0.25) is 0 Å². The SMILES string of the molecule is CN=C(NCC(=O)NC(C)C)NC1CCCC1C#N. The molecule has 19 heavy (non-hydrogen) atoms. The van der Waals surface area contributed by atoms with Crippen molar-refractivity contribution < 1.29 is 4.79 Å². The minimum atomic E-state index is -0.0683. The van der Waals surface area contributed by atoms with E-state index >= 15 is 0 Å². The van der Waals surface area contributed by atoms with Gasteiger partial charge in [0.25, 0.3) is 0 Å². The third kappa shape index (κ3) is 5.16. The monoisotopic (exact) mass is 265 g/mol. The van der Waals surface area contributed by atoms with Gasteiger partial charge in [-0.2, -0.15) is 5.26 Å². The number of guanidine groups is 1. The van der Waals surface area contributed by atoms with Gasteiger partial charge in [-0.3, -0.25) is 9.79 Å². The van der Waals surface area contributed by atoms with E-state index in [1.807, 2.05) is 13.8 Å². The lowest BCUT2D eigenvalue weighted by molar-refractivity contribution is -0.120. The van der Waals surface area contributed by atoms with Gasteiger partial charge in [0.05, 0.1) is 18.5 Å². The number of nitrogens with one attached hydrogen (secondary N) is 3. The van der Waals surface area contributed by atoms with E-state index in [-0.39, 0.29) is 30.5 Å². The highest BCUT2D eigenvalue weighted by Crippen LogP contribution is 2.24. The molecule has 1 saturated carbocycles. The third-order valence-corrected chi connectivity index (χ3v) is 3.09. The number of nitriles is 1. The van der Waals surface area contributed by atoms with Crippen molar-refractivity contribution in [3.8, 4) is 6.07 Å². The molecule has 0 spiro atoms. The quantitative estimate of drug-likeness (QED) is 0.506. The van der Waals surface area contributed by atoms with Crippen LogP contribution >= 0.6 is 0 Å². The molecule has 0 heterocycles. The maximum absolute atomic E-state index is 11.5. The molecule has 0 aromatic heterocycles. The molecule has 1 aliphatic rings. The van der Waals surface area contributed by atoms with E-state index in [1.165, 1.54) is 0 Å². The highest BCUT2D eigenvalue weighted by molar-refractivity contribution is 5.86. The molecule has 0 radical (unpaired) electrons. The number of aliphatic imine (C=N–C) groups is 1. The van der Waals surface area contributed by atoms with Crippen LogP contribution in [0.3, 0.4) is 0 Å². The van der Waals surface area contributed by atoms with Gasteiger partial charge >= 0.3 is 0 Å². The van der Waals surface area contributed by atoms with Crippen LogP contribution < -0.4 is 16.0 Å². The minimum absolute atomic E-state index is 0.0306. The molecular formula is C13H23N5O. The third-order valence-electron chi connectivity index (χ3n) is 3.09. The average Bonchev–Trinajstić information content (AvgIpc) is 2.80. The lowest BCUT2D eigenvalue weighted by Gasteiger charge is -2.19. The van der Waals surface area contributed by atoms with Gasteiger partial charge < -0.3 is 16.0 Å². The number of amides is 1. The largest absolute Gasteiger partial charge is 0.352 e. The van der Waals surface area contributed by atoms with Crippen LogP contribution in [0.25, 0.3) is 0 Å². The van der Waals surface area contributed by atoms with Gasteiger partial charge in [-0.1, -0.05) is 0 Å². The van der Waals surface area contributed by atoms with Gasteiger partial charge in [0, 0.05) is 19.1 Å². The fourth-order valence-corrected chi connectivity index (χ4v) is 2.19. The molecule has 1 amide bonds. The molecule has 0 bridgehead atoms. The maximum atomic E-state index is 11.5. The highest BCUT2D eigenvalue weighted by atomic mass is 16.1. The molecule has 2 atom stereocenters. The summed E-state index contributed by atoms with van der Waals surface area (Å²) in [5.41, 5.74) is 0. The minimum Gasteiger partial charge on any atom is -0.352 e. The van der Waals surface area contributed by atoms with E-state index in [9.17, 15) is 4.79 Å². The van der Waals surface area contributed by atoms with Crippen LogP contribution in [0.15, 0.2) is 4.99 Å². The molecule has 3 N–H and O–H groups in total. The standard InChI is InChI=1S/C13H23N5O/c1-9(2)17-12(19)8-16-13(15-3)18-11-6-4-5-10(11)7-14/h9-11H,4-6,8H2,1-3H3,(H,17,19)(H2,15,16,18).